The van der Waals surface area contributed by atoms with Crippen molar-refractivity contribution < 1.29 is 9.59 Å². The highest BCUT2D eigenvalue weighted by molar-refractivity contribution is 7.80. The Labute approximate surface area is 375 Å². The molecule has 10 rings (SSSR count). The van der Waals surface area contributed by atoms with Crippen LogP contribution in [0.5, 0.6) is 0 Å². The summed E-state index contributed by atoms with van der Waals surface area (Å²) in [5.74, 6) is -0.414. The largest absolute Gasteiger partial charge is 0.321 e. The molecule has 0 radical (unpaired) electrons. The van der Waals surface area contributed by atoms with Crippen LogP contribution < -0.4 is 42.5 Å². The Morgan fingerprint density at radius 1 is 0.297 bits per heavy atom. The molecule has 0 spiro atoms. The summed E-state index contributed by atoms with van der Waals surface area (Å²) in [5, 5.41) is 17.3. The molecule has 0 unspecified atom stereocenters. The van der Waals surface area contributed by atoms with Crippen molar-refractivity contribution in [2.75, 3.05) is 10.6 Å². The lowest BCUT2D eigenvalue weighted by Gasteiger charge is -2.24. The van der Waals surface area contributed by atoms with Gasteiger partial charge < -0.3 is 10.6 Å². The number of anilines is 2. The number of amides is 2. The molecule has 10 aromatic carbocycles. The van der Waals surface area contributed by atoms with Crippen molar-refractivity contribution in [2.45, 2.75) is 0 Å². The summed E-state index contributed by atoms with van der Waals surface area (Å²) in [6.07, 6.45) is 0. The number of hydrogen-bond donors (Lipinski definition) is 2. The summed E-state index contributed by atoms with van der Waals surface area (Å²) in [6, 6.07) is 82.2. The van der Waals surface area contributed by atoms with Gasteiger partial charge in [-0.1, -0.05) is 218 Å². The minimum Gasteiger partial charge on any atom is -0.321 e. The molecule has 10 aromatic rings. The minimum absolute atomic E-state index is 0.207. The van der Waals surface area contributed by atoms with Gasteiger partial charge in [0.15, 0.2) is 0 Å². The fourth-order valence-corrected chi connectivity index (χ4v) is 13.4. The monoisotopic (exact) mass is 860 g/mol. The maximum absolute atomic E-state index is 15.0. The normalized spacial score (nSPS) is 11.2. The second-order valence-electron chi connectivity index (χ2n) is 15.4. The van der Waals surface area contributed by atoms with Crippen molar-refractivity contribution in [2.24, 2.45) is 0 Å². The van der Waals surface area contributed by atoms with Crippen molar-refractivity contribution in [1.29, 1.82) is 0 Å². The third kappa shape index (κ3) is 8.14. The van der Waals surface area contributed by atoms with Crippen LogP contribution in [-0.4, -0.2) is 11.8 Å². The van der Waals surface area contributed by atoms with Gasteiger partial charge in [-0.3, -0.25) is 9.59 Å². The highest BCUT2D eigenvalue weighted by atomic mass is 31.1. The van der Waals surface area contributed by atoms with Gasteiger partial charge in [-0.05, 0) is 93.5 Å². The molecule has 0 aromatic heterocycles. The first-order valence-corrected chi connectivity index (χ1v) is 24.0. The zero-order valence-corrected chi connectivity index (χ0v) is 36.6. The van der Waals surface area contributed by atoms with Gasteiger partial charge >= 0.3 is 0 Å². The second kappa shape index (κ2) is 18.5. The standard InChI is InChI=1S/C58H42N2O2P2/c61-57(49-33-17-19-35-53(49)63(43-23-5-1-6-24-43)44-25-7-2-8-26-44)59-51-39-37-41-21-13-15-31-47(41)55(51)56-48-32-16-14-22-42(48)38-40-52(56)60-58(62)50-34-18-20-36-54(50)64(45-27-9-3-10-28-45)46-29-11-4-12-30-46/h1-40H,(H,59,61)(H,60,62). The van der Waals surface area contributed by atoms with Gasteiger partial charge in [-0.25, -0.2) is 0 Å². The van der Waals surface area contributed by atoms with E-state index in [1.807, 2.05) is 97.1 Å². The van der Waals surface area contributed by atoms with E-state index in [0.717, 1.165) is 64.5 Å². The molecule has 6 heteroatoms. The van der Waals surface area contributed by atoms with Gasteiger partial charge in [0.2, 0.25) is 0 Å². The molecule has 0 aliphatic heterocycles. The average molecular weight is 861 g/mol. The lowest BCUT2D eigenvalue weighted by atomic mass is 9.90. The number of fused-ring (bicyclic) bond motifs is 2. The molecule has 64 heavy (non-hydrogen) atoms. The van der Waals surface area contributed by atoms with E-state index in [-0.39, 0.29) is 11.8 Å². The lowest BCUT2D eigenvalue weighted by Crippen LogP contribution is -2.28. The van der Waals surface area contributed by atoms with Crippen LogP contribution in [0, 0.1) is 0 Å². The van der Waals surface area contributed by atoms with Crippen LogP contribution in [0.4, 0.5) is 11.4 Å². The summed E-state index contributed by atoms with van der Waals surface area (Å²) in [4.78, 5) is 30.0. The Bertz CT molecular complexity index is 2970. The maximum atomic E-state index is 15.0. The highest BCUT2D eigenvalue weighted by Crippen LogP contribution is 2.44. The van der Waals surface area contributed by atoms with E-state index in [2.05, 4.69) is 156 Å². The van der Waals surface area contributed by atoms with Crippen LogP contribution >= 0.6 is 15.8 Å². The second-order valence-corrected chi connectivity index (χ2v) is 19.7. The first-order chi connectivity index (χ1) is 31.6. The molecular formula is C58H42N2O2P2. The number of nitrogens with one attached hydrogen (secondary N) is 2. The van der Waals surface area contributed by atoms with Crippen LogP contribution in [0.1, 0.15) is 20.7 Å². The van der Waals surface area contributed by atoms with E-state index in [9.17, 15) is 9.59 Å². The molecule has 4 nitrogen and oxygen atoms in total. The average Bonchev–Trinajstić information content (AvgIpc) is 3.36. The van der Waals surface area contributed by atoms with Crippen LogP contribution in [0.3, 0.4) is 0 Å². The van der Waals surface area contributed by atoms with Crippen molar-refractivity contribution >= 4 is 92.4 Å². The summed E-state index contributed by atoms with van der Waals surface area (Å²) in [5.41, 5.74) is 4.16. The zero-order chi connectivity index (χ0) is 43.2. The highest BCUT2D eigenvalue weighted by Gasteiger charge is 2.26. The number of benzene rings is 10. The molecule has 0 aliphatic rings. The zero-order valence-electron chi connectivity index (χ0n) is 34.8. The summed E-state index contributed by atoms with van der Waals surface area (Å²) in [6.45, 7) is 0. The molecule has 2 N–H and O–H groups in total. The number of carbonyl (C=O) groups excluding carboxylic acids is 2. The van der Waals surface area contributed by atoms with Crippen LogP contribution in [-0.2, 0) is 0 Å². The van der Waals surface area contributed by atoms with Crippen LogP contribution in [0.2, 0.25) is 0 Å². The molecule has 0 heterocycles. The SMILES string of the molecule is O=C(Nc1ccc2ccccc2c1-c1c(NC(=O)c2ccccc2P(c2ccccc2)c2ccccc2)ccc2ccccc12)c1ccccc1P(c1ccccc1)c1ccccc1. The third-order valence-corrected chi connectivity index (χ3v) is 16.4. The van der Waals surface area contributed by atoms with Gasteiger partial charge in [0.1, 0.15) is 0 Å². The number of carbonyl (C=O) groups is 2. The number of hydrogen-bond acceptors (Lipinski definition) is 2. The number of rotatable bonds is 11. The fraction of sp³-hybridized carbons (Fsp3) is 0. The minimum atomic E-state index is -1.06. The van der Waals surface area contributed by atoms with Gasteiger partial charge in [0.25, 0.3) is 11.8 Å². The van der Waals surface area contributed by atoms with E-state index in [1.165, 1.54) is 0 Å². The Morgan fingerprint density at radius 3 is 0.953 bits per heavy atom. The van der Waals surface area contributed by atoms with E-state index >= 15 is 0 Å². The van der Waals surface area contributed by atoms with E-state index in [0.29, 0.717) is 22.5 Å². The molecule has 0 saturated carbocycles. The van der Waals surface area contributed by atoms with Crippen molar-refractivity contribution in [3.8, 4) is 11.1 Å². The molecule has 0 fully saturated rings. The van der Waals surface area contributed by atoms with E-state index in [4.69, 9.17) is 0 Å². The van der Waals surface area contributed by atoms with Crippen molar-refractivity contribution in [3.63, 3.8) is 0 Å². The smallest absolute Gasteiger partial charge is 0.256 e. The van der Waals surface area contributed by atoms with Crippen LogP contribution in [0.15, 0.2) is 243 Å². The Morgan fingerprint density at radius 2 is 0.594 bits per heavy atom. The lowest BCUT2D eigenvalue weighted by molar-refractivity contribution is 0.101. The molecule has 0 aliphatic carbocycles. The molecule has 0 atom stereocenters. The predicted molar refractivity (Wildman–Crippen MR) is 273 cm³/mol. The molecule has 2 amide bonds. The van der Waals surface area contributed by atoms with Crippen molar-refractivity contribution in [1.82, 2.24) is 0 Å². The molecule has 306 valence electrons. The Kier molecular flexibility index (Phi) is 11.7. The maximum Gasteiger partial charge on any atom is 0.256 e. The van der Waals surface area contributed by atoms with Gasteiger partial charge in [0, 0.05) is 33.6 Å². The Hall–Kier alpha value is -7.48. The molecular weight excluding hydrogens is 819 g/mol. The molecule has 0 bridgehead atoms. The summed E-state index contributed by atoms with van der Waals surface area (Å²) < 4.78 is 0. The van der Waals surface area contributed by atoms with E-state index < -0.39 is 15.8 Å². The topological polar surface area (TPSA) is 58.2 Å². The quantitative estimate of drug-likeness (QED) is 0.127. The van der Waals surface area contributed by atoms with Gasteiger partial charge in [-0.15, -0.1) is 0 Å². The molecule has 0 saturated heterocycles. The first-order valence-electron chi connectivity index (χ1n) is 21.3. The third-order valence-electron chi connectivity index (χ3n) is 11.4. The van der Waals surface area contributed by atoms with Crippen LogP contribution in [0.25, 0.3) is 32.7 Å². The van der Waals surface area contributed by atoms with Crippen molar-refractivity contribution in [3.05, 3.63) is 254 Å². The summed E-state index contributed by atoms with van der Waals surface area (Å²) in [7, 11) is -2.12. The predicted octanol–water partition coefficient (Wildman–Crippen LogP) is 11.7. The van der Waals surface area contributed by atoms with Gasteiger partial charge in [-0.2, -0.15) is 0 Å². The Balaban J connectivity index is 1.10. The summed E-state index contributed by atoms with van der Waals surface area (Å²) >= 11 is 0. The first kappa shape index (κ1) is 40.6. The van der Waals surface area contributed by atoms with E-state index in [1.54, 1.807) is 0 Å². The fourth-order valence-electron chi connectivity index (χ4n) is 8.55. The van der Waals surface area contributed by atoms with Gasteiger partial charge in [0.05, 0.1) is 0 Å².